The highest BCUT2D eigenvalue weighted by atomic mass is 16.6. The van der Waals surface area contributed by atoms with Gasteiger partial charge in [-0.3, -0.25) is 10.1 Å². The fourth-order valence-corrected chi connectivity index (χ4v) is 2.03. The Morgan fingerprint density at radius 1 is 1.37 bits per heavy atom. The summed E-state index contributed by atoms with van der Waals surface area (Å²) >= 11 is 0. The quantitative estimate of drug-likeness (QED) is 0.626. The number of aryl methyl sites for hydroxylation is 1. The first-order valence-corrected chi connectivity index (χ1v) is 6.17. The van der Waals surface area contributed by atoms with Crippen LogP contribution in [-0.2, 0) is 4.74 Å². The van der Waals surface area contributed by atoms with Crippen molar-refractivity contribution in [1.82, 2.24) is 9.97 Å². The standard InChI is InChI=1S/C11H17N5O3/c1-7-9(16(17)18)10(15-11(12-2)13-7)14-8-3-5-19-6-4-8/h8H,3-6H2,1-2H3,(H2,12,13,14,15). The first-order chi connectivity index (χ1) is 9.11. The molecular formula is C11H17N5O3. The van der Waals surface area contributed by atoms with Gasteiger partial charge in [-0.2, -0.15) is 4.98 Å². The van der Waals surface area contributed by atoms with E-state index in [2.05, 4.69) is 20.6 Å². The van der Waals surface area contributed by atoms with Gasteiger partial charge in [0.15, 0.2) is 0 Å². The van der Waals surface area contributed by atoms with Crippen LogP contribution in [0.2, 0.25) is 0 Å². The number of nitrogens with one attached hydrogen (secondary N) is 2. The molecule has 0 amide bonds. The van der Waals surface area contributed by atoms with Crippen molar-refractivity contribution in [2.45, 2.75) is 25.8 Å². The molecule has 1 aromatic heterocycles. The van der Waals surface area contributed by atoms with E-state index >= 15 is 0 Å². The Labute approximate surface area is 110 Å². The molecule has 8 heteroatoms. The molecule has 2 heterocycles. The second-order valence-electron chi connectivity index (χ2n) is 4.37. The van der Waals surface area contributed by atoms with E-state index in [0.717, 1.165) is 12.8 Å². The number of anilines is 2. The summed E-state index contributed by atoms with van der Waals surface area (Å²) in [6.45, 7) is 2.93. The molecule has 0 spiro atoms. The third-order valence-corrected chi connectivity index (χ3v) is 3.03. The lowest BCUT2D eigenvalue weighted by Crippen LogP contribution is -2.28. The Morgan fingerprint density at radius 3 is 2.63 bits per heavy atom. The Morgan fingerprint density at radius 2 is 2.05 bits per heavy atom. The van der Waals surface area contributed by atoms with Gasteiger partial charge in [-0.1, -0.05) is 0 Å². The smallest absolute Gasteiger partial charge is 0.332 e. The van der Waals surface area contributed by atoms with Crippen LogP contribution in [0.15, 0.2) is 0 Å². The monoisotopic (exact) mass is 267 g/mol. The van der Waals surface area contributed by atoms with E-state index in [1.165, 1.54) is 0 Å². The molecule has 0 saturated carbocycles. The van der Waals surface area contributed by atoms with Crippen LogP contribution in [0.25, 0.3) is 0 Å². The first-order valence-electron chi connectivity index (χ1n) is 6.17. The van der Waals surface area contributed by atoms with Crippen molar-refractivity contribution in [3.05, 3.63) is 15.8 Å². The molecule has 1 aliphatic rings. The normalized spacial score (nSPS) is 16.1. The molecule has 19 heavy (non-hydrogen) atoms. The maximum Gasteiger partial charge on any atom is 0.332 e. The summed E-state index contributed by atoms with van der Waals surface area (Å²) in [6.07, 6.45) is 1.63. The highest BCUT2D eigenvalue weighted by molar-refractivity contribution is 5.61. The molecule has 1 fully saturated rings. The van der Waals surface area contributed by atoms with Gasteiger partial charge < -0.3 is 15.4 Å². The van der Waals surface area contributed by atoms with Crippen LogP contribution < -0.4 is 10.6 Å². The maximum absolute atomic E-state index is 11.1. The van der Waals surface area contributed by atoms with Crippen LogP contribution in [-0.4, -0.2) is 41.2 Å². The van der Waals surface area contributed by atoms with Crippen LogP contribution >= 0.6 is 0 Å². The van der Waals surface area contributed by atoms with E-state index in [1.54, 1.807) is 14.0 Å². The molecule has 0 bridgehead atoms. The molecular weight excluding hydrogens is 250 g/mol. The molecule has 0 aromatic carbocycles. The second-order valence-corrected chi connectivity index (χ2v) is 4.37. The Kier molecular flexibility index (Phi) is 4.10. The molecule has 104 valence electrons. The van der Waals surface area contributed by atoms with Crippen molar-refractivity contribution in [2.24, 2.45) is 0 Å². The van der Waals surface area contributed by atoms with Gasteiger partial charge in [-0.25, -0.2) is 4.98 Å². The summed E-state index contributed by atoms with van der Waals surface area (Å²) in [4.78, 5) is 18.9. The largest absolute Gasteiger partial charge is 0.381 e. The van der Waals surface area contributed by atoms with Crippen molar-refractivity contribution in [3.8, 4) is 0 Å². The number of ether oxygens (including phenoxy) is 1. The fourth-order valence-electron chi connectivity index (χ4n) is 2.03. The Bertz CT molecular complexity index is 474. The number of aromatic nitrogens is 2. The number of nitrogens with zero attached hydrogens (tertiary/aromatic N) is 3. The number of hydrogen-bond donors (Lipinski definition) is 2. The first kappa shape index (κ1) is 13.5. The van der Waals surface area contributed by atoms with Crippen molar-refractivity contribution in [3.63, 3.8) is 0 Å². The van der Waals surface area contributed by atoms with E-state index in [-0.39, 0.29) is 17.5 Å². The summed E-state index contributed by atoms with van der Waals surface area (Å²) in [7, 11) is 1.68. The highest BCUT2D eigenvalue weighted by Crippen LogP contribution is 2.28. The van der Waals surface area contributed by atoms with E-state index in [4.69, 9.17) is 4.74 Å². The molecule has 2 N–H and O–H groups in total. The second kappa shape index (κ2) is 5.79. The van der Waals surface area contributed by atoms with Gasteiger partial charge >= 0.3 is 5.69 Å². The lowest BCUT2D eigenvalue weighted by Gasteiger charge is -2.23. The number of hydrogen-bond acceptors (Lipinski definition) is 7. The van der Waals surface area contributed by atoms with Crippen molar-refractivity contribution < 1.29 is 9.66 Å². The van der Waals surface area contributed by atoms with Gasteiger partial charge in [0, 0.05) is 26.3 Å². The molecule has 8 nitrogen and oxygen atoms in total. The lowest BCUT2D eigenvalue weighted by atomic mass is 10.1. The zero-order valence-corrected chi connectivity index (χ0v) is 11.0. The van der Waals surface area contributed by atoms with Crippen LogP contribution in [0.3, 0.4) is 0 Å². The molecule has 0 radical (unpaired) electrons. The minimum atomic E-state index is -0.448. The van der Waals surface area contributed by atoms with Gasteiger partial charge in [-0.15, -0.1) is 0 Å². The Balaban J connectivity index is 2.29. The average molecular weight is 267 g/mol. The van der Waals surface area contributed by atoms with E-state index in [9.17, 15) is 10.1 Å². The molecule has 0 unspecified atom stereocenters. The van der Waals surface area contributed by atoms with Crippen molar-refractivity contribution in [2.75, 3.05) is 30.9 Å². The lowest BCUT2D eigenvalue weighted by molar-refractivity contribution is -0.385. The summed E-state index contributed by atoms with van der Waals surface area (Å²) in [5.41, 5.74) is 0.282. The summed E-state index contributed by atoms with van der Waals surface area (Å²) in [5, 5.41) is 17.1. The minimum Gasteiger partial charge on any atom is -0.381 e. The predicted molar refractivity (Wildman–Crippen MR) is 70.4 cm³/mol. The molecule has 1 aromatic rings. The molecule has 2 rings (SSSR count). The van der Waals surface area contributed by atoms with E-state index in [1.807, 2.05) is 0 Å². The third kappa shape index (κ3) is 3.08. The van der Waals surface area contributed by atoms with Crippen LogP contribution in [0.4, 0.5) is 17.5 Å². The van der Waals surface area contributed by atoms with Crippen LogP contribution in [0, 0.1) is 17.0 Å². The van der Waals surface area contributed by atoms with Gasteiger partial charge in [0.1, 0.15) is 5.69 Å². The van der Waals surface area contributed by atoms with Crippen LogP contribution in [0.1, 0.15) is 18.5 Å². The molecule has 0 atom stereocenters. The summed E-state index contributed by atoms with van der Waals surface area (Å²) in [5.74, 6) is 0.645. The predicted octanol–water partition coefficient (Wildman–Crippen LogP) is 1.33. The van der Waals surface area contributed by atoms with Crippen LogP contribution in [0.5, 0.6) is 0 Å². The third-order valence-electron chi connectivity index (χ3n) is 3.03. The SMILES string of the molecule is CNc1nc(C)c([N+](=O)[O-])c(NC2CCOCC2)n1. The zero-order valence-electron chi connectivity index (χ0n) is 11.0. The summed E-state index contributed by atoms with van der Waals surface area (Å²) < 4.78 is 5.26. The number of rotatable bonds is 4. The molecule has 0 aliphatic carbocycles. The molecule has 1 aliphatic heterocycles. The van der Waals surface area contributed by atoms with Gasteiger partial charge in [0.05, 0.1) is 4.92 Å². The fraction of sp³-hybridized carbons (Fsp3) is 0.636. The maximum atomic E-state index is 11.1. The van der Waals surface area contributed by atoms with Crippen molar-refractivity contribution in [1.29, 1.82) is 0 Å². The minimum absolute atomic E-state index is 0.0644. The van der Waals surface area contributed by atoms with E-state index < -0.39 is 4.92 Å². The summed E-state index contributed by atoms with van der Waals surface area (Å²) in [6, 6.07) is 0.145. The topological polar surface area (TPSA) is 102 Å². The highest BCUT2D eigenvalue weighted by Gasteiger charge is 2.24. The van der Waals surface area contributed by atoms with Gasteiger partial charge in [-0.05, 0) is 19.8 Å². The van der Waals surface area contributed by atoms with E-state index in [0.29, 0.717) is 24.9 Å². The van der Waals surface area contributed by atoms with Crippen molar-refractivity contribution >= 4 is 17.5 Å². The zero-order chi connectivity index (χ0) is 13.8. The average Bonchev–Trinajstić information content (AvgIpc) is 2.38. The Hall–Kier alpha value is -1.96. The van der Waals surface area contributed by atoms with Gasteiger partial charge in [0.2, 0.25) is 11.8 Å². The van der Waals surface area contributed by atoms with Gasteiger partial charge in [0.25, 0.3) is 0 Å². The number of nitro groups is 1. The molecule has 1 saturated heterocycles.